The molecule has 0 unspecified atom stereocenters. The van der Waals surface area contributed by atoms with Gasteiger partial charge in [-0.2, -0.15) is 0 Å². The predicted molar refractivity (Wildman–Crippen MR) is 106 cm³/mol. The van der Waals surface area contributed by atoms with Gasteiger partial charge in [0.05, 0.1) is 6.54 Å². The van der Waals surface area contributed by atoms with Gasteiger partial charge in [0.1, 0.15) is 12.4 Å². The van der Waals surface area contributed by atoms with Gasteiger partial charge in [-0.3, -0.25) is 0 Å². The topological polar surface area (TPSA) is 67.1 Å². The zero-order valence-corrected chi connectivity index (χ0v) is 17.2. The van der Waals surface area contributed by atoms with Crippen molar-refractivity contribution in [3.63, 3.8) is 0 Å². The molecule has 6 nitrogen and oxygen atoms in total. The highest BCUT2D eigenvalue weighted by atomic mass is 127. The molecule has 128 valence electrons. The Hall–Kier alpha value is -1.16. The average molecular weight is 448 g/mol. The Morgan fingerprint density at radius 3 is 2.70 bits per heavy atom. The summed E-state index contributed by atoms with van der Waals surface area (Å²) >= 11 is 1.74. The maximum Gasteiger partial charge on any atom is 0.192 e. The van der Waals surface area contributed by atoms with Crippen molar-refractivity contribution < 1.29 is 0 Å². The minimum atomic E-state index is 0. The van der Waals surface area contributed by atoms with E-state index in [1.165, 1.54) is 4.88 Å². The summed E-state index contributed by atoms with van der Waals surface area (Å²) in [6.45, 7) is 8.46. The fourth-order valence-electron chi connectivity index (χ4n) is 1.80. The van der Waals surface area contributed by atoms with Gasteiger partial charge in [-0.25, -0.2) is 4.99 Å². The maximum absolute atomic E-state index is 4.62. The van der Waals surface area contributed by atoms with E-state index in [0.29, 0.717) is 12.5 Å². The number of aromatic nitrogens is 3. The maximum atomic E-state index is 4.62. The molecular weight excluding hydrogens is 423 g/mol. The van der Waals surface area contributed by atoms with Crippen LogP contribution in [-0.2, 0) is 20.1 Å². The molecule has 2 heterocycles. The molecule has 0 aromatic carbocycles. The highest BCUT2D eigenvalue weighted by molar-refractivity contribution is 14.0. The van der Waals surface area contributed by atoms with Crippen molar-refractivity contribution in [1.82, 2.24) is 25.4 Å². The molecule has 0 saturated carbocycles. The SMILES string of the molecule is Cc1nnc(CN=C(NCc2cccs2)NCC(C)C)n1C.I. The Bertz CT molecular complexity index is 606. The summed E-state index contributed by atoms with van der Waals surface area (Å²) in [7, 11) is 1.96. The van der Waals surface area contributed by atoms with Crippen molar-refractivity contribution in [3.8, 4) is 0 Å². The third-order valence-electron chi connectivity index (χ3n) is 3.25. The fraction of sp³-hybridized carbons (Fsp3) is 0.533. The molecule has 23 heavy (non-hydrogen) atoms. The summed E-state index contributed by atoms with van der Waals surface area (Å²) in [5, 5.41) is 17.0. The molecule has 0 saturated heterocycles. The number of nitrogens with zero attached hydrogens (tertiary/aromatic N) is 4. The van der Waals surface area contributed by atoms with Gasteiger partial charge in [-0.1, -0.05) is 19.9 Å². The zero-order valence-electron chi connectivity index (χ0n) is 14.0. The molecule has 0 fully saturated rings. The van der Waals surface area contributed by atoms with E-state index in [1.54, 1.807) is 11.3 Å². The molecule has 0 aliphatic carbocycles. The number of aryl methyl sites for hydroxylation is 1. The molecule has 0 amide bonds. The van der Waals surface area contributed by atoms with Crippen molar-refractivity contribution in [2.24, 2.45) is 18.0 Å². The molecule has 0 aliphatic rings. The zero-order chi connectivity index (χ0) is 15.9. The van der Waals surface area contributed by atoms with Crippen LogP contribution < -0.4 is 10.6 Å². The average Bonchev–Trinajstić information content (AvgIpc) is 3.10. The van der Waals surface area contributed by atoms with Crippen LogP contribution in [0.3, 0.4) is 0 Å². The van der Waals surface area contributed by atoms with E-state index in [2.05, 4.69) is 57.2 Å². The molecular formula is C15H25IN6S. The number of rotatable bonds is 6. The highest BCUT2D eigenvalue weighted by Crippen LogP contribution is 2.07. The Labute approximate surface area is 158 Å². The van der Waals surface area contributed by atoms with Crippen LogP contribution in [0.5, 0.6) is 0 Å². The second-order valence-corrected chi connectivity index (χ2v) is 6.63. The van der Waals surface area contributed by atoms with Gasteiger partial charge in [0.2, 0.25) is 0 Å². The van der Waals surface area contributed by atoms with Crippen molar-refractivity contribution in [2.75, 3.05) is 6.54 Å². The molecule has 0 spiro atoms. The standard InChI is InChI=1S/C15H24N6S.HI/c1-11(2)8-16-15(17-9-13-6-5-7-22-13)18-10-14-20-19-12(3)21(14)4;/h5-7,11H,8-10H2,1-4H3,(H2,16,17,18);1H. The number of hydrogen-bond acceptors (Lipinski definition) is 4. The molecule has 2 aromatic heterocycles. The smallest absolute Gasteiger partial charge is 0.192 e. The summed E-state index contributed by atoms with van der Waals surface area (Å²) in [5.41, 5.74) is 0. The first kappa shape index (κ1) is 19.9. The number of thiophene rings is 1. The van der Waals surface area contributed by atoms with E-state index in [1.807, 2.05) is 18.5 Å². The number of aliphatic imine (C=N–C) groups is 1. The van der Waals surface area contributed by atoms with E-state index < -0.39 is 0 Å². The lowest BCUT2D eigenvalue weighted by Crippen LogP contribution is -2.38. The van der Waals surface area contributed by atoms with E-state index in [0.717, 1.165) is 30.7 Å². The normalized spacial score (nSPS) is 11.4. The predicted octanol–water partition coefficient (Wildman–Crippen LogP) is 2.69. The quantitative estimate of drug-likeness (QED) is 0.405. The third-order valence-corrected chi connectivity index (χ3v) is 4.13. The first-order valence-corrected chi connectivity index (χ1v) is 8.33. The summed E-state index contributed by atoms with van der Waals surface area (Å²) in [6.07, 6.45) is 0. The van der Waals surface area contributed by atoms with E-state index >= 15 is 0 Å². The number of nitrogens with one attached hydrogen (secondary N) is 2. The van der Waals surface area contributed by atoms with Gasteiger partial charge in [-0.05, 0) is 24.3 Å². The fourth-order valence-corrected chi connectivity index (χ4v) is 2.44. The van der Waals surface area contributed by atoms with Crippen molar-refractivity contribution in [1.29, 1.82) is 0 Å². The van der Waals surface area contributed by atoms with Crippen LogP contribution in [0.2, 0.25) is 0 Å². The third kappa shape index (κ3) is 6.46. The molecule has 2 N–H and O–H groups in total. The van der Waals surface area contributed by atoms with Crippen molar-refractivity contribution in [3.05, 3.63) is 34.0 Å². The van der Waals surface area contributed by atoms with E-state index in [-0.39, 0.29) is 24.0 Å². The summed E-state index contributed by atoms with van der Waals surface area (Å²) in [4.78, 5) is 5.90. The second-order valence-electron chi connectivity index (χ2n) is 5.59. The van der Waals surface area contributed by atoms with Gasteiger partial charge >= 0.3 is 0 Å². The first-order valence-electron chi connectivity index (χ1n) is 7.45. The van der Waals surface area contributed by atoms with Gasteiger partial charge in [0.25, 0.3) is 0 Å². The highest BCUT2D eigenvalue weighted by Gasteiger charge is 2.06. The molecule has 2 aromatic rings. The largest absolute Gasteiger partial charge is 0.356 e. The number of halogens is 1. The molecule has 0 atom stereocenters. The molecule has 0 radical (unpaired) electrons. The molecule has 2 rings (SSSR count). The van der Waals surface area contributed by atoms with Crippen LogP contribution in [0.15, 0.2) is 22.5 Å². The first-order chi connectivity index (χ1) is 10.6. The Morgan fingerprint density at radius 1 is 1.35 bits per heavy atom. The Kier molecular flexibility index (Phi) is 8.53. The van der Waals surface area contributed by atoms with Crippen LogP contribution in [0.4, 0.5) is 0 Å². The number of guanidine groups is 1. The summed E-state index contributed by atoms with van der Waals surface area (Å²) in [5.74, 6) is 3.13. The summed E-state index contributed by atoms with van der Waals surface area (Å²) in [6, 6.07) is 4.17. The van der Waals surface area contributed by atoms with Gasteiger partial charge in [-0.15, -0.1) is 45.5 Å². The van der Waals surface area contributed by atoms with Gasteiger partial charge in [0, 0.05) is 18.5 Å². The van der Waals surface area contributed by atoms with Crippen LogP contribution in [0.1, 0.15) is 30.4 Å². The summed E-state index contributed by atoms with van der Waals surface area (Å²) < 4.78 is 1.96. The lowest BCUT2D eigenvalue weighted by Gasteiger charge is -2.13. The van der Waals surface area contributed by atoms with Gasteiger partial charge in [0.15, 0.2) is 11.8 Å². The van der Waals surface area contributed by atoms with E-state index in [9.17, 15) is 0 Å². The molecule has 0 bridgehead atoms. The minimum Gasteiger partial charge on any atom is -0.356 e. The van der Waals surface area contributed by atoms with Crippen molar-refractivity contribution >= 4 is 41.3 Å². The van der Waals surface area contributed by atoms with E-state index in [4.69, 9.17) is 0 Å². The van der Waals surface area contributed by atoms with Crippen LogP contribution in [0, 0.1) is 12.8 Å². The monoisotopic (exact) mass is 448 g/mol. The van der Waals surface area contributed by atoms with Gasteiger partial charge < -0.3 is 15.2 Å². The lowest BCUT2D eigenvalue weighted by atomic mass is 10.2. The molecule has 0 aliphatic heterocycles. The van der Waals surface area contributed by atoms with Crippen LogP contribution in [-0.4, -0.2) is 27.3 Å². The van der Waals surface area contributed by atoms with Crippen molar-refractivity contribution in [2.45, 2.75) is 33.9 Å². The Balaban J connectivity index is 0.00000264. The molecule has 8 heteroatoms. The number of hydrogen-bond donors (Lipinski definition) is 2. The Morgan fingerprint density at radius 2 is 2.13 bits per heavy atom. The van der Waals surface area contributed by atoms with Crippen LogP contribution in [0.25, 0.3) is 0 Å². The minimum absolute atomic E-state index is 0. The lowest BCUT2D eigenvalue weighted by molar-refractivity contribution is 0.612. The van der Waals surface area contributed by atoms with Crippen LogP contribution >= 0.6 is 35.3 Å². The second kappa shape index (κ2) is 9.86.